The first kappa shape index (κ1) is 39.2. The standard InChI is InChI=1S/Ce.Fe.K.Mg.Sr.W.5H/q;;+1;2*+2;;5*-1. The molecule has 0 atom stereocenters. The molecule has 0 aromatic rings. The summed E-state index contributed by atoms with van der Waals surface area (Å²) in [5, 5.41) is 0. The van der Waals surface area contributed by atoms with Gasteiger partial charge in [-0.25, -0.2) is 0 Å². The Bertz CT molecular complexity index is 26.4. The topological polar surface area (TPSA) is 0 Å². The van der Waals surface area contributed by atoms with Crippen LogP contribution < -0.4 is 51.4 Å². The van der Waals surface area contributed by atoms with Crippen LogP contribution in [0.3, 0.4) is 0 Å². The molecule has 0 aliphatic rings. The summed E-state index contributed by atoms with van der Waals surface area (Å²) < 4.78 is 0. The van der Waals surface area contributed by atoms with E-state index < -0.39 is 0 Å². The Morgan fingerprint density at radius 1 is 1.17 bits per heavy atom. The fourth-order valence-electron chi connectivity index (χ4n) is 0. The van der Waals surface area contributed by atoms with Gasteiger partial charge in [0.1, 0.15) is 0 Å². The summed E-state index contributed by atoms with van der Waals surface area (Å²) in [6.07, 6.45) is 0. The van der Waals surface area contributed by atoms with Crippen molar-refractivity contribution in [1.29, 1.82) is 0 Å². The van der Waals surface area contributed by atoms with E-state index in [1.165, 1.54) is 0 Å². The van der Waals surface area contributed by atoms with Gasteiger partial charge in [-0.1, -0.05) is 0 Å². The zero-order chi connectivity index (χ0) is 0. The zero-order valence-electron chi connectivity index (χ0n) is 8.68. The van der Waals surface area contributed by atoms with E-state index in [0.29, 0.717) is 0 Å². The number of rotatable bonds is 0. The molecule has 0 amide bonds. The normalized spacial score (nSPS) is 0. The second kappa shape index (κ2) is 30.0. The number of hydrogen-bond acceptors (Lipinski definition) is 0. The average molecular weight is 536 g/mol. The van der Waals surface area contributed by atoms with Crippen molar-refractivity contribution >= 4 is 68.5 Å². The second-order valence-electron chi connectivity index (χ2n) is 0. The van der Waals surface area contributed by atoms with Crippen molar-refractivity contribution in [3.63, 3.8) is 0 Å². The van der Waals surface area contributed by atoms with Gasteiger partial charge in [0.25, 0.3) is 0 Å². The Hall–Kier alpha value is 6.47. The molecule has 0 aliphatic heterocycles. The van der Waals surface area contributed by atoms with Crippen LogP contribution >= 0.6 is 0 Å². The van der Waals surface area contributed by atoms with Gasteiger partial charge in [0, 0.05) is 79.9 Å². The molecule has 28 valence electrons. The maximum absolute atomic E-state index is 0. The SMILES string of the molecule is [Ce].[Fe].[H-].[H-].[H-].[H-].[H-].[K+].[Mg+2].[Sr+2].[W]. The predicted molar refractivity (Wildman–Crippen MR) is 17.1 cm³/mol. The van der Waals surface area contributed by atoms with Gasteiger partial charge in [-0.05, 0) is 0 Å². The van der Waals surface area contributed by atoms with Gasteiger partial charge in [-0.2, -0.15) is 0 Å². The van der Waals surface area contributed by atoms with Crippen LogP contribution in [0.4, 0.5) is 0 Å². The third-order valence-electron chi connectivity index (χ3n) is 0. The van der Waals surface area contributed by atoms with Crippen LogP contribution in [-0.4, -0.2) is 68.5 Å². The molecule has 6 heavy (non-hydrogen) atoms. The molecule has 0 radical (unpaired) electrons. The molecule has 0 aromatic carbocycles. The molecular weight excluding hydrogens is 531 g/mol. The molecule has 0 saturated carbocycles. The molecule has 6 heteroatoms. The van der Waals surface area contributed by atoms with E-state index in [2.05, 4.69) is 0 Å². The van der Waals surface area contributed by atoms with Crippen LogP contribution in [0.1, 0.15) is 7.13 Å². The maximum atomic E-state index is 0. The van der Waals surface area contributed by atoms with Crippen molar-refractivity contribution in [2.75, 3.05) is 0 Å². The van der Waals surface area contributed by atoms with E-state index in [4.69, 9.17) is 0 Å². The minimum atomic E-state index is 0. The van der Waals surface area contributed by atoms with Gasteiger partial charge in [-0.3, -0.25) is 0 Å². The van der Waals surface area contributed by atoms with Gasteiger partial charge >= 0.3 is 120 Å². The van der Waals surface area contributed by atoms with Gasteiger partial charge < -0.3 is 7.13 Å². The Labute approximate surface area is 200 Å². The summed E-state index contributed by atoms with van der Waals surface area (Å²) in [7, 11) is 0. The summed E-state index contributed by atoms with van der Waals surface area (Å²) in [5.41, 5.74) is 0. The molecule has 0 spiro atoms. The smallest absolute Gasteiger partial charge is 1.00 e. The van der Waals surface area contributed by atoms with E-state index >= 15 is 0 Å². The zero-order valence-corrected chi connectivity index (χ0v) is 18.9. The van der Waals surface area contributed by atoms with Gasteiger partial charge in [0.05, 0.1) is 0 Å². The Morgan fingerprint density at radius 2 is 1.17 bits per heavy atom. The summed E-state index contributed by atoms with van der Waals surface area (Å²) >= 11 is 0. The number of hydrogen-bond donors (Lipinski definition) is 0. The molecule has 0 aromatic heterocycles. The van der Waals surface area contributed by atoms with E-state index in [-0.39, 0.29) is 207 Å². The minimum absolute atomic E-state index is 0. The summed E-state index contributed by atoms with van der Waals surface area (Å²) in [6, 6.07) is 0. The van der Waals surface area contributed by atoms with Crippen molar-refractivity contribution in [2.24, 2.45) is 0 Å². The third kappa shape index (κ3) is 22.4. The molecule has 0 N–H and O–H groups in total. The summed E-state index contributed by atoms with van der Waals surface area (Å²) in [6.45, 7) is 0. The van der Waals surface area contributed by atoms with E-state index in [0.717, 1.165) is 0 Å². The van der Waals surface area contributed by atoms with Gasteiger partial charge in [0.2, 0.25) is 0 Å². The van der Waals surface area contributed by atoms with Crippen LogP contribution in [0.25, 0.3) is 0 Å². The fraction of sp³-hybridized carbons (Fsp3) is 0. The molecule has 0 fully saturated rings. The van der Waals surface area contributed by atoms with Crippen molar-refractivity contribution in [2.45, 2.75) is 0 Å². The third-order valence-corrected chi connectivity index (χ3v) is 0. The molecule has 0 heterocycles. The molecule has 0 bridgehead atoms. The molecule has 0 rings (SSSR count). The summed E-state index contributed by atoms with van der Waals surface area (Å²) in [5.74, 6) is 0. The molecule has 0 aliphatic carbocycles. The summed E-state index contributed by atoms with van der Waals surface area (Å²) in [4.78, 5) is 0. The van der Waals surface area contributed by atoms with Crippen molar-refractivity contribution in [3.8, 4) is 0 Å². The van der Waals surface area contributed by atoms with Crippen LogP contribution in [0.5, 0.6) is 0 Å². The molecule has 0 nitrogen and oxygen atoms in total. The van der Waals surface area contributed by atoms with Crippen LogP contribution in [0.15, 0.2) is 0 Å². The first-order chi connectivity index (χ1) is 0. The first-order valence-corrected chi connectivity index (χ1v) is 0. The van der Waals surface area contributed by atoms with Crippen molar-refractivity contribution < 1.29 is 138 Å². The Balaban J connectivity index is 0. The van der Waals surface area contributed by atoms with E-state index in [1.807, 2.05) is 0 Å². The fourth-order valence-corrected chi connectivity index (χ4v) is 0. The molecular formula is H5CeFeKMgSrW. The quantitative estimate of drug-likeness (QED) is 0.287. The van der Waals surface area contributed by atoms with Crippen LogP contribution in [-0.2, 0) is 38.1 Å². The van der Waals surface area contributed by atoms with Crippen molar-refractivity contribution in [3.05, 3.63) is 0 Å². The average Bonchev–Trinajstić information content (AvgIpc) is 0. The Kier molecular flexibility index (Phi) is 196. The molecule has 0 unspecified atom stereocenters. The predicted octanol–water partition coefficient (Wildman–Crippen LogP) is -3.20. The van der Waals surface area contributed by atoms with Gasteiger partial charge in [-0.15, -0.1) is 0 Å². The minimum Gasteiger partial charge on any atom is -1.00 e. The monoisotopic (exact) mass is 536 g/mol. The largest absolute Gasteiger partial charge is 2.00 e. The van der Waals surface area contributed by atoms with E-state index in [1.54, 1.807) is 0 Å². The van der Waals surface area contributed by atoms with Gasteiger partial charge in [0.15, 0.2) is 0 Å². The Morgan fingerprint density at radius 3 is 1.17 bits per heavy atom. The maximum Gasteiger partial charge on any atom is 2.00 e. The first-order valence-electron chi connectivity index (χ1n) is 0. The molecule has 0 saturated heterocycles. The van der Waals surface area contributed by atoms with Crippen LogP contribution in [0.2, 0.25) is 0 Å². The second-order valence-corrected chi connectivity index (χ2v) is 0. The van der Waals surface area contributed by atoms with E-state index in [9.17, 15) is 0 Å². The van der Waals surface area contributed by atoms with Crippen molar-refractivity contribution in [1.82, 2.24) is 0 Å². The van der Waals surface area contributed by atoms with Crippen LogP contribution in [0, 0.1) is 41.7 Å².